The molecule has 0 spiro atoms. The highest BCUT2D eigenvalue weighted by atomic mass is 79.9. The monoisotopic (exact) mass is 297 g/mol. The maximum Gasteiger partial charge on any atom is 0.238 e. The first-order valence-electron chi connectivity index (χ1n) is 4.43. The van der Waals surface area contributed by atoms with Crippen molar-refractivity contribution in [3.63, 3.8) is 0 Å². The number of hydrazone groups is 1. The minimum atomic E-state index is 0.389. The van der Waals surface area contributed by atoms with Gasteiger partial charge in [-0.05, 0) is 29.9 Å². The molecule has 0 radical (unpaired) electrons. The number of aromatic amines is 2. The zero-order valence-corrected chi connectivity index (χ0v) is 10.5. The predicted octanol–water partition coefficient (Wildman–Crippen LogP) is 2.68. The van der Waals surface area contributed by atoms with Crippen molar-refractivity contribution in [2.24, 2.45) is 5.10 Å². The molecule has 0 fully saturated rings. The lowest BCUT2D eigenvalue weighted by molar-refractivity contribution is 1.07. The van der Waals surface area contributed by atoms with Crippen LogP contribution in [0.4, 0.5) is 5.95 Å². The second kappa shape index (κ2) is 5.04. The molecule has 3 N–H and O–H groups in total. The molecule has 7 heteroatoms. The lowest BCUT2D eigenvalue weighted by atomic mass is 10.2. The van der Waals surface area contributed by atoms with Gasteiger partial charge in [-0.25, -0.2) is 5.43 Å². The Kier molecular flexibility index (Phi) is 3.47. The third-order valence-corrected chi connectivity index (χ3v) is 2.42. The molecule has 0 aliphatic rings. The molecular weight excluding hydrogens is 290 g/mol. The van der Waals surface area contributed by atoms with Crippen molar-refractivity contribution < 1.29 is 0 Å². The summed E-state index contributed by atoms with van der Waals surface area (Å²) in [6.45, 7) is 0. The first-order chi connectivity index (χ1) is 7.74. The summed E-state index contributed by atoms with van der Waals surface area (Å²) < 4.78 is 1.40. The van der Waals surface area contributed by atoms with Crippen molar-refractivity contribution in [2.75, 3.05) is 5.43 Å². The lowest BCUT2D eigenvalue weighted by Gasteiger charge is -1.94. The minimum Gasteiger partial charge on any atom is -0.272 e. The second-order valence-electron chi connectivity index (χ2n) is 2.94. The van der Waals surface area contributed by atoms with Crippen molar-refractivity contribution in [1.29, 1.82) is 0 Å². The summed E-state index contributed by atoms with van der Waals surface area (Å²) in [6, 6.07) is 7.80. The Bertz CT molecular complexity index is 559. The molecule has 1 aromatic heterocycles. The number of nitrogens with zero attached hydrogens (tertiary/aromatic N) is 2. The van der Waals surface area contributed by atoms with Crippen LogP contribution in [0.3, 0.4) is 0 Å². The maximum absolute atomic E-state index is 4.80. The molecule has 0 saturated carbocycles. The Morgan fingerprint density at radius 1 is 1.44 bits per heavy atom. The van der Waals surface area contributed by atoms with Gasteiger partial charge in [0.1, 0.15) is 0 Å². The Morgan fingerprint density at radius 2 is 2.31 bits per heavy atom. The SMILES string of the molecule is S=c1nc(N/N=C/c2cccc(Br)c2)[nH][nH]1. The number of hydrogen-bond donors (Lipinski definition) is 3. The summed E-state index contributed by atoms with van der Waals surface area (Å²) in [5, 5.41) is 9.40. The molecule has 0 amide bonds. The van der Waals surface area contributed by atoms with Gasteiger partial charge in [0.15, 0.2) is 0 Å². The Labute approximate surface area is 105 Å². The number of hydrogen-bond acceptors (Lipinski definition) is 4. The standard InChI is InChI=1S/C9H8BrN5S/c10-7-3-1-2-6(4-7)5-11-13-8-12-9(16)15-14-8/h1-5H,(H3,12,13,14,15,16)/b11-5+. The number of anilines is 1. The molecule has 5 nitrogen and oxygen atoms in total. The molecule has 1 aromatic carbocycles. The highest BCUT2D eigenvalue weighted by Gasteiger charge is 1.92. The Hall–Kier alpha value is -1.47. The average Bonchev–Trinajstić information content (AvgIpc) is 2.64. The first kappa shape index (κ1) is 11.0. The summed E-state index contributed by atoms with van der Waals surface area (Å²) in [4.78, 5) is 3.93. The summed E-state index contributed by atoms with van der Waals surface area (Å²) in [6.07, 6.45) is 1.69. The number of halogens is 1. The van der Waals surface area contributed by atoms with E-state index >= 15 is 0 Å². The fourth-order valence-corrected chi connectivity index (χ4v) is 1.64. The second-order valence-corrected chi connectivity index (χ2v) is 4.24. The normalized spacial score (nSPS) is 10.8. The number of rotatable bonds is 3. The van der Waals surface area contributed by atoms with Gasteiger partial charge in [0.25, 0.3) is 0 Å². The molecule has 2 aromatic rings. The van der Waals surface area contributed by atoms with E-state index in [1.807, 2.05) is 24.3 Å². The molecule has 0 unspecified atom stereocenters. The minimum absolute atomic E-state index is 0.389. The van der Waals surface area contributed by atoms with Crippen molar-refractivity contribution in [3.8, 4) is 0 Å². The van der Waals surface area contributed by atoms with E-state index in [4.69, 9.17) is 12.2 Å². The van der Waals surface area contributed by atoms with Gasteiger partial charge in [-0.15, -0.1) is 0 Å². The largest absolute Gasteiger partial charge is 0.272 e. The van der Waals surface area contributed by atoms with Crippen molar-refractivity contribution in [3.05, 3.63) is 39.1 Å². The Morgan fingerprint density at radius 3 is 3.00 bits per heavy atom. The van der Waals surface area contributed by atoms with Crippen LogP contribution in [0, 0.1) is 4.77 Å². The van der Waals surface area contributed by atoms with Crippen LogP contribution in [-0.4, -0.2) is 21.4 Å². The van der Waals surface area contributed by atoms with E-state index in [2.05, 4.69) is 41.6 Å². The van der Waals surface area contributed by atoms with E-state index < -0.39 is 0 Å². The molecular formula is C9H8BrN5S. The smallest absolute Gasteiger partial charge is 0.238 e. The summed E-state index contributed by atoms with van der Waals surface area (Å²) in [7, 11) is 0. The molecule has 16 heavy (non-hydrogen) atoms. The average molecular weight is 298 g/mol. The molecule has 0 aliphatic carbocycles. The van der Waals surface area contributed by atoms with E-state index in [0.29, 0.717) is 10.7 Å². The fraction of sp³-hybridized carbons (Fsp3) is 0. The lowest BCUT2D eigenvalue weighted by Crippen LogP contribution is -1.92. The fourth-order valence-electron chi connectivity index (χ4n) is 1.08. The van der Waals surface area contributed by atoms with Gasteiger partial charge >= 0.3 is 0 Å². The zero-order valence-electron chi connectivity index (χ0n) is 8.07. The van der Waals surface area contributed by atoms with Gasteiger partial charge in [-0.3, -0.25) is 10.2 Å². The third-order valence-electron chi connectivity index (χ3n) is 1.73. The quantitative estimate of drug-likeness (QED) is 0.463. The molecule has 82 valence electrons. The van der Waals surface area contributed by atoms with Crippen LogP contribution >= 0.6 is 28.1 Å². The van der Waals surface area contributed by atoms with Gasteiger partial charge in [0, 0.05) is 4.47 Å². The van der Waals surface area contributed by atoms with Crippen LogP contribution in [0.1, 0.15) is 5.56 Å². The van der Waals surface area contributed by atoms with Crippen LogP contribution < -0.4 is 5.43 Å². The van der Waals surface area contributed by atoms with Crippen molar-refractivity contribution in [2.45, 2.75) is 0 Å². The summed E-state index contributed by atoms with van der Waals surface area (Å²) in [5.74, 6) is 0.483. The van der Waals surface area contributed by atoms with E-state index in [1.165, 1.54) is 0 Å². The van der Waals surface area contributed by atoms with Gasteiger partial charge in [-0.1, -0.05) is 28.1 Å². The van der Waals surface area contributed by atoms with E-state index in [-0.39, 0.29) is 0 Å². The van der Waals surface area contributed by atoms with E-state index in [0.717, 1.165) is 10.0 Å². The number of H-pyrrole nitrogens is 2. The van der Waals surface area contributed by atoms with Gasteiger partial charge in [0.05, 0.1) is 6.21 Å². The molecule has 0 aliphatic heterocycles. The number of nitrogens with one attached hydrogen (secondary N) is 3. The van der Waals surface area contributed by atoms with Crippen molar-refractivity contribution >= 4 is 40.3 Å². The number of benzene rings is 1. The van der Waals surface area contributed by atoms with Crippen LogP contribution in [0.2, 0.25) is 0 Å². The molecule has 0 atom stereocenters. The number of aromatic nitrogens is 3. The van der Waals surface area contributed by atoms with Crippen LogP contribution in [0.25, 0.3) is 0 Å². The van der Waals surface area contributed by atoms with Crippen molar-refractivity contribution in [1.82, 2.24) is 15.2 Å². The summed E-state index contributed by atoms with van der Waals surface area (Å²) in [5.41, 5.74) is 3.71. The van der Waals surface area contributed by atoms with E-state index in [1.54, 1.807) is 6.21 Å². The van der Waals surface area contributed by atoms with Gasteiger partial charge in [0.2, 0.25) is 10.7 Å². The first-order valence-corrected chi connectivity index (χ1v) is 5.63. The molecule has 0 bridgehead atoms. The highest BCUT2D eigenvalue weighted by Crippen LogP contribution is 2.09. The van der Waals surface area contributed by atoms with Crippen LogP contribution in [0.5, 0.6) is 0 Å². The topological polar surface area (TPSA) is 68.9 Å². The molecule has 0 saturated heterocycles. The maximum atomic E-state index is 4.80. The zero-order chi connectivity index (χ0) is 11.4. The molecule has 1 heterocycles. The van der Waals surface area contributed by atoms with E-state index in [9.17, 15) is 0 Å². The van der Waals surface area contributed by atoms with Gasteiger partial charge in [-0.2, -0.15) is 10.1 Å². The van der Waals surface area contributed by atoms with Gasteiger partial charge < -0.3 is 0 Å². The Balaban J connectivity index is 2.02. The predicted molar refractivity (Wildman–Crippen MR) is 69.1 cm³/mol. The summed E-state index contributed by atoms with van der Waals surface area (Å²) >= 11 is 8.18. The highest BCUT2D eigenvalue weighted by molar-refractivity contribution is 9.10. The molecule has 2 rings (SSSR count). The van der Waals surface area contributed by atoms with Crippen LogP contribution in [-0.2, 0) is 0 Å². The van der Waals surface area contributed by atoms with Crippen LogP contribution in [0.15, 0.2) is 33.8 Å². The third kappa shape index (κ3) is 3.01.